The molecule has 0 unspecified atom stereocenters. The average molecular weight is 268 g/mol. The Morgan fingerprint density at radius 3 is 2.26 bits per heavy atom. The number of ether oxygens (including phenoxy) is 2. The van der Waals surface area contributed by atoms with Crippen LogP contribution in [0, 0.1) is 13.8 Å². The van der Waals surface area contributed by atoms with Crippen molar-refractivity contribution in [3.8, 4) is 0 Å². The Kier molecular flexibility index (Phi) is 5.26. The van der Waals surface area contributed by atoms with Gasteiger partial charge in [0.25, 0.3) is 5.91 Å². The highest BCUT2D eigenvalue weighted by molar-refractivity contribution is 6.02. The SMILES string of the molecule is COC(CNC(=O)c1[nH]c(C)c(C(C)=O)c1C)OC. The second kappa shape index (κ2) is 6.49. The molecule has 0 aliphatic carbocycles. The van der Waals surface area contributed by atoms with Gasteiger partial charge in [-0.15, -0.1) is 0 Å². The van der Waals surface area contributed by atoms with E-state index in [0.717, 1.165) is 0 Å². The lowest BCUT2D eigenvalue weighted by atomic mass is 10.1. The fourth-order valence-corrected chi connectivity index (χ4v) is 2.03. The van der Waals surface area contributed by atoms with Gasteiger partial charge in [-0.2, -0.15) is 0 Å². The molecule has 1 aromatic rings. The highest BCUT2D eigenvalue weighted by Gasteiger charge is 2.20. The van der Waals surface area contributed by atoms with Crippen molar-refractivity contribution in [1.29, 1.82) is 0 Å². The zero-order valence-electron chi connectivity index (χ0n) is 11.9. The van der Waals surface area contributed by atoms with Gasteiger partial charge >= 0.3 is 0 Å². The van der Waals surface area contributed by atoms with Gasteiger partial charge in [0.1, 0.15) is 5.69 Å². The van der Waals surface area contributed by atoms with Crippen LogP contribution in [0.1, 0.15) is 39.0 Å². The summed E-state index contributed by atoms with van der Waals surface area (Å²) >= 11 is 0. The normalized spacial score (nSPS) is 10.8. The number of aromatic amines is 1. The Hall–Kier alpha value is -1.66. The Morgan fingerprint density at radius 2 is 1.84 bits per heavy atom. The molecule has 1 rings (SSSR count). The van der Waals surface area contributed by atoms with E-state index in [2.05, 4.69) is 10.3 Å². The lowest BCUT2D eigenvalue weighted by Gasteiger charge is -2.13. The van der Waals surface area contributed by atoms with Crippen molar-refractivity contribution in [3.05, 3.63) is 22.5 Å². The molecule has 0 aliphatic rings. The van der Waals surface area contributed by atoms with E-state index in [1.54, 1.807) is 13.8 Å². The Labute approximate surface area is 112 Å². The number of ketones is 1. The van der Waals surface area contributed by atoms with E-state index in [-0.39, 0.29) is 18.2 Å². The summed E-state index contributed by atoms with van der Waals surface area (Å²) in [5, 5.41) is 2.69. The molecule has 0 atom stereocenters. The lowest BCUT2D eigenvalue weighted by Crippen LogP contribution is -2.34. The highest BCUT2D eigenvalue weighted by Crippen LogP contribution is 2.18. The van der Waals surface area contributed by atoms with Crippen LogP contribution in [0.3, 0.4) is 0 Å². The molecule has 0 radical (unpaired) electrons. The maximum Gasteiger partial charge on any atom is 0.268 e. The molecule has 1 amide bonds. The average Bonchev–Trinajstić information content (AvgIpc) is 2.65. The number of carbonyl (C=O) groups is 2. The number of aryl methyl sites for hydroxylation is 1. The minimum absolute atomic E-state index is 0.0584. The summed E-state index contributed by atoms with van der Waals surface area (Å²) in [6, 6.07) is 0. The number of methoxy groups -OCH3 is 2. The number of rotatable bonds is 6. The van der Waals surface area contributed by atoms with Gasteiger partial charge in [0, 0.05) is 25.5 Å². The number of H-pyrrole nitrogens is 1. The number of Topliss-reactive ketones (excluding diaryl/α,β-unsaturated/α-hetero) is 1. The fourth-order valence-electron chi connectivity index (χ4n) is 2.03. The van der Waals surface area contributed by atoms with Crippen LogP contribution in [0.5, 0.6) is 0 Å². The van der Waals surface area contributed by atoms with Crippen molar-refractivity contribution >= 4 is 11.7 Å². The third kappa shape index (κ3) is 3.42. The van der Waals surface area contributed by atoms with Crippen LogP contribution in [-0.4, -0.2) is 43.7 Å². The third-order valence-corrected chi connectivity index (χ3v) is 2.97. The Morgan fingerprint density at radius 1 is 1.26 bits per heavy atom. The minimum atomic E-state index is -0.493. The topological polar surface area (TPSA) is 80.4 Å². The number of amides is 1. The second-order valence-corrected chi connectivity index (χ2v) is 4.29. The van der Waals surface area contributed by atoms with Crippen LogP contribution in [-0.2, 0) is 9.47 Å². The van der Waals surface area contributed by atoms with Gasteiger partial charge in [-0.3, -0.25) is 9.59 Å². The summed E-state index contributed by atoms with van der Waals surface area (Å²) < 4.78 is 9.96. The van der Waals surface area contributed by atoms with Crippen molar-refractivity contribution in [2.24, 2.45) is 0 Å². The maximum absolute atomic E-state index is 12.0. The van der Waals surface area contributed by atoms with Crippen molar-refractivity contribution in [1.82, 2.24) is 10.3 Å². The van der Waals surface area contributed by atoms with E-state index in [4.69, 9.17) is 9.47 Å². The smallest absolute Gasteiger partial charge is 0.268 e. The predicted octanol–water partition coefficient (Wildman–Crippen LogP) is 1.18. The van der Waals surface area contributed by atoms with E-state index in [1.165, 1.54) is 21.1 Å². The number of nitrogens with one attached hydrogen (secondary N) is 2. The van der Waals surface area contributed by atoms with Gasteiger partial charge in [0.2, 0.25) is 0 Å². The second-order valence-electron chi connectivity index (χ2n) is 4.29. The number of carbonyl (C=O) groups excluding carboxylic acids is 2. The summed E-state index contributed by atoms with van der Waals surface area (Å²) in [5.41, 5.74) is 2.33. The zero-order valence-corrected chi connectivity index (χ0v) is 11.9. The molecule has 6 nitrogen and oxygen atoms in total. The van der Waals surface area contributed by atoms with Crippen LogP contribution in [0.4, 0.5) is 0 Å². The van der Waals surface area contributed by atoms with Crippen LogP contribution in [0.15, 0.2) is 0 Å². The molecule has 0 spiro atoms. The highest BCUT2D eigenvalue weighted by atomic mass is 16.7. The summed E-state index contributed by atoms with van der Waals surface area (Å²) in [4.78, 5) is 26.5. The standard InChI is InChI=1S/C13H20N2O4/c1-7-11(9(3)16)8(2)15-12(7)13(17)14-6-10(18-4)19-5/h10,15H,6H2,1-5H3,(H,14,17). The van der Waals surface area contributed by atoms with E-state index in [9.17, 15) is 9.59 Å². The first-order chi connectivity index (χ1) is 8.92. The lowest BCUT2D eigenvalue weighted by molar-refractivity contribution is -0.0974. The minimum Gasteiger partial charge on any atom is -0.354 e. The van der Waals surface area contributed by atoms with Gasteiger partial charge < -0.3 is 19.8 Å². The van der Waals surface area contributed by atoms with E-state index >= 15 is 0 Å². The molecule has 2 N–H and O–H groups in total. The zero-order chi connectivity index (χ0) is 14.6. The molecule has 0 bridgehead atoms. The molecule has 106 valence electrons. The largest absolute Gasteiger partial charge is 0.354 e. The van der Waals surface area contributed by atoms with Gasteiger partial charge in [-0.25, -0.2) is 0 Å². The number of aromatic nitrogens is 1. The molecule has 0 aliphatic heterocycles. The van der Waals surface area contributed by atoms with Crippen LogP contribution < -0.4 is 5.32 Å². The van der Waals surface area contributed by atoms with Gasteiger partial charge in [-0.05, 0) is 26.3 Å². The first-order valence-corrected chi connectivity index (χ1v) is 5.96. The van der Waals surface area contributed by atoms with Gasteiger partial charge in [0.15, 0.2) is 12.1 Å². The molecule has 1 aromatic heterocycles. The van der Waals surface area contributed by atoms with Crippen LogP contribution in [0.25, 0.3) is 0 Å². The molecule has 0 saturated heterocycles. The van der Waals surface area contributed by atoms with Crippen molar-refractivity contribution in [2.45, 2.75) is 27.1 Å². The summed E-state index contributed by atoms with van der Waals surface area (Å²) in [5.74, 6) is -0.343. The molecular weight excluding hydrogens is 248 g/mol. The molecule has 19 heavy (non-hydrogen) atoms. The van der Waals surface area contributed by atoms with Crippen molar-refractivity contribution in [2.75, 3.05) is 20.8 Å². The van der Waals surface area contributed by atoms with Crippen molar-refractivity contribution < 1.29 is 19.1 Å². The Balaban J connectivity index is 2.84. The monoisotopic (exact) mass is 268 g/mol. The molecular formula is C13H20N2O4. The fraction of sp³-hybridized carbons (Fsp3) is 0.538. The summed E-state index contributed by atoms with van der Waals surface area (Å²) in [6.07, 6.45) is -0.493. The summed E-state index contributed by atoms with van der Waals surface area (Å²) in [6.45, 7) is 5.24. The third-order valence-electron chi connectivity index (χ3n) is 2.97. The molecule has 0 saturated carbocycles. The Bertz CT molecular complexity index is 475. The first kappa shape index (κ1) is 15.4. The van der Waals surface area contributed by atoms with Gasteiger partial charge in [-0.1, -0.05) is 0 Å². The van der Waals surface area contributed by atoms with Crippen LogP contribution >= 0.6 is 0 Å². The molecule has 0 aromatic carbocycles. The maximum atomic E-state index is 12.0. The number of hydrogen-bond acceptors (Lipinski definition) is 4. The first-order valence-electron chi connectivity index (χ1n) is 5.96. The molecule has 1 heterocycles. The van der Waals surface area contributed by atoms with Gasteiger partial charge in [0.05, 0.1) is 6.54 Å². The number of hydrogen-bond donors (Lipinski definition) is 2. The van der Waals surface area contributed by atoms with E-state index < -0.39 is 6.29 Å². The van der Waals surface area contributed by atoms with E-state index in [1.807, 2.05) is 0 Å². The quantitative estimate of drug-likeness (QED) is 0.599. The molecule has 0 fully saturated rings. The van der Waals surface area contributed by atoms with Crippen LogP contribution in [0.2, 0.25) is 0 Å². The van der Waals surface area contributed by atoms with Crippen molar-refractivity contribution in [3.63, 3.8) is 0 Å². The predicted molar refractivity (Wildman–Crippen MR) is 70.4 cm³/mol. The summed E-state index contributed by atoms with van der Waals surface area (Å²) in [7, 11) is 3.00. The molecule has 6 heteroatoms. The van der Waals surface area contributed by atoms with E-state index in [0.29, 0.717) is 22.5 Å².